The highest BCUT2D eigenvalue weighted by atomic mass is 15.2. The Morgan fingerprint density at radius 3 is 0.912 bits per heavy atom. The fourth-order valence-corrected chi connectivity index (χ4v) is 24.9. The second-order valence-electron chi connectivity index (χ2n) is 39.1. The molecular weight excluding hydrogens is 1650 g/mol. The average molecular weight is 1770 g/mol. The van der Waals surface area contributed by atoms with Crippen molar-refractivity contribution < 1.29 is 21.9 Å². The first-order valence-electron chi connectivity index (χ1n) is 56.6. The van der Waals surface area contributed by atoms with Gasteiger partial charge in [-0.15, -0.1) is 0 Å². The van der Waals surface area contributed by atoms with E-state index in [0.717, 1.165) is 129 Å². The van der Waals surface area contributed by atoms with Crippen LogP contribution in [-0.2, 0) is 29.1 Å². The van der Waals surface area contributed by atoms with E-state index in [1.165, 1.54) is 111 Å². The van der Waals surface area contributed by atoms with Gasteiger partial charge < -0.3 is 18.9 Å². The van der Waals surface area contributed by atoms with Crippen molar-refractivity contribution in [1.29, 1.82) is 0 Å². The van der Waals surface area contributed by atoms with Crippen LogP contribution in [0.5, 0.6) is 0 Å². The first-order valence-corrected chi connectivity index (χ1v) is 48.6. The van der Waals surface area contributed by atoms with Gasteiger partial charge in [0.15, 0.2) is 0 Å². The number of aryl methyl sites for hydroxylation is 2. The third kappa shape index (κ3) is 12.4. The molecule has 0 atom stereocenters. The molecule has 4 heterocycles. The van der Waals surface area contributed by atoms with E-state index >= 15 is 0 Å². The van der Waals surface area contributed by atoms with Gasteiger partial charge in [0.1, 0.15) is 0 Å². The van der Waals surface area contributed by atoms with Gasteiger partial charge in [-0.05, 0) is 283 Å². The molecule has 0 fully saturated rings. The molecular formula is C132H103BN4. The Bertz CT molecular complexity index is 8740. The lowest BCUT2D eigenvalue weighted by Gasteiger charge is -2.45. The quantitative estimate of drug-likeness (QED) is 0.0559. The fraction of sp³-hybridized carbons (Fsp3) is 0.136. The molecule has 0 amide bonds. The smallest absolute Gasteiger partial charge is 0.252 e. The summed E-state index contributed by atoms with van der Waals surface area (Å²) in [7, 11) is 0. The number of hydrogen-bond donors (Lipinski definition) is 0. The van der Waals surface area contributed by atoms with Crippen LogP contribution in [0.2, 0.25) is 0 Å². The summed E-state index contributed by atoms with van der Waals surface area (Å²) in [6.07, 6.45) is 8.08. The van der Waals surface area contributed by atoms with Crippen molar-refractivity contribution in [3.8, 4) is 100 Å². The molecule has 4 aliphatic carbocycles. The lowest BCUT2D eigenvalue weighted by Crippen LogP contribution is -2.62. The lowest BCUT2D eigenvalue weighted by atomic mass is 9.33. The molecule has 137 heavy (non-hydrogen) atoms. The van der Waals surface area contributed by atoms with Crippen LogP contribution in [0.25, 0.3) is 144 Å². The van der Waals surface area contributed by atoms with Gasteiger partial charge in [-0.3, -0.25) is 0 Å². The number of fused-ring (bicyclic) bond motifs is 30. The Labute approximate surface area is 825 Å². The van der Waals surface area contributed by atoms with Crippen molar-refractivity contribution in [2.24, 2.45) is 0 Å². The first kappa shape index (κ1) is 65.9. The number of rotatable bonds is 20. The van der Waals surface area contributed by atoms with Crippen molar-refractivity contribution in [3.63, 3.8) is 0 Å². The van der Waals surface area contributed by atoms with Crippen molar-refractivity contribution >= 4 is 89.5 Å². The third-order valence-corrected chi connectivity index (χ3v) is 30.9. The van der Waals surface area contributed by atoms with Crippen LogP contribution in [0.4, 0.5) is 22.7 Å². The summed E-state index contributed by atoms with van der Waals surface area (Å²) < 4.78 is 154. The SMILES string of the molecule is [2H]c1c([2H])c([2H])c2c(c1[2H])c1c([2H])c([2H])c([2H])c([2H])c1n2-c1ccc2c(c1)N(CCCCCCc1cc(-c3ccccc3)ccc1-c1ccc3c(c1)C1(c4ccccc4-c4ccccc41)c1ccccc1-3)c1cc(C(C)(C)C)cc3c1B2c1ccc(-n2c4c([2H])c([2H])c([2H])c([2H])c4c4c([2H])c([2H])c([2H])c([2H])c42)cc1N3CCCCCCc1cc(-c2ccccc2)ccc1-c1ccc2c(c1)C1(c3ccccc3-c3ccccc31)c1ccccc1-2. The highest BCUT2D eigenvalue weighted by Crippen LogP contribution is 2.66. The number of aromatic nitrogens is 2. The molecule has 21 aromatic rings. The Balaban J connectivity index is 0.584. The predicted octanol–water partition coefficient (Wildman–Crippen LogP) is 31.6. The van der Waals surface area contributed by atoms with Gasteiger partial charge in [0, 0.05) is 68.8 Å². The zero-order valence-corrected chi connectivity index (χ0v) is 76.5. The van der Waals surface area contributed by atoms with Crippen molar-refractivity contribution in [2.45, 2.75) is 101 Å². The standard InChI is InChI=1S/C132H103BN4/c1-130(2,3)94-82-127-129-128(83-94)135(77-37-7-5-11-43-91-79-89(87-40-14-9-15-41-87)65-71-98(91)93-67-73-106-104-49-21-31-59-116(104)132(118(106)81-93)113-56-28-18-46-101(113)102-47-19-29-57-114(102)132)126-85-96(137-123-62-34-24-52-109(123)110-53-25-35-63-124(110)137)69-75-120(126)133(129)119-74-68-95(136-121-60-32-22-50-107(121)108-51-23-33-61-122(108)136)84-125(119)134(127)76-36-6-4-10-42-90-78-88(86-38-12-8-13-39-86)64-70-97(90)92-66-72-105-103-48-20-30-58-115(103)131(117(105)80-92)111-54-26-16-44-99(111)100-45-17-27-55-112(100)131/h8-9,12-35,38-41,44-75,78-85H,4-7,10-11,36-37,42-43,76-77H2,1-3H3/i22D,23D,24D,25D,32D,33D,34D,35D,50D,51D,52D,53D,60D,61D,62D,63D. The summed E-state index contributed by atoms with van der Waals surface area (Å²) in [5.74, 6) is 0. The van der Waals surface area contributed by atoms with Gasteiger partial charge in [-0.25, -0.2) is 0 Å². The van der Waals surface area contributed by atoms with E-state index in [1.54, 1.807) is 9.13 Å². The van der Waals surface area contributed by atoms with E-state index in [1.807, 2.05) is 24.3 Å². The van der Waals surface area contributed by atoms with Gasteiger partial charge >= 0.3 is 0 Å². The van der Waals surface area contributed by atoms with E-state index in [0.29, 0.717) is 37.3 Å². The molecule has 0 saturated carbocycles. The van der Waals surface area contributed by atoms with Crippen LogP contribution < -0.4 is 26.2 Å². The highest BCUT2D eigenvalue weighted by Gasteiger charge is 2.54. The lowest BCUT2D eigenvalue weighted by molar-refractivity contribution is 0.589. The number of anilines is 4. The van der Waals surface area contributed by atoms with E-state index < -0.39 is 120 Å². The van der Waals surface area contributed by atoms with Crippen LogP contribution in [-0.4, -0.2) is 28.9 Å². The summed E-state index contributed by atoms with van der Waals surface area (Å²) in [4.78, 5) is 4.85. The minimum Gasteiger partial charge on any atom is -0.342 e. The zero-order valence-electron chi connectivity index (χ0n) is 92.5. The van der Waals surface area contributed by atoms with Crippen molar-refractivity contribution in [1.82, 2.24) is 9.13 Å². The van der Waals surface area contributed by atoms with Gasteiger partial charge in [0.25, 0.3) is 6.71 Å². The molecule has 0 radical (unpaired) electrons. The summed E-state index contributed by atoms with van der Waals surface area (Å²) >= 11 is 0. The Kier molecular flexibility index (Phi) is 15.4. The van der Waals surface area contributed by atoms with E-state index in [4.69, 9.17) is 5.48 Å². The third-order valence-electron chi connectivity index (χ3n) is 30.9. The summed E-state index contributed by atoms with van der Waals surface area (Å²) in [6.45, 7) is 7.08. The minimum atomic E-state index is -0.570. The second kappa shape index (κ2) is 32.1. The molecule has 0 bridgehead atoms. The molecule has 27 rings (SSSR count). The van der Waals surface area contributed by atoms with Crippen LogP contribution in [0.3, 0.4) is 0 Å². The number of hydrogen-bond acceptors (Lipinski definition) is 2. The number of para-hydroxylation sites is 4. The number of benzene rings is 19. The van der Waals surface area contributed by atoms with Gasteiger partial charge in [0.2, 0.25) is 0 Å². The first-order chi connectivity index (χ1) is 74.3. The second-order valence-corrected chi connectivity index (χ2v) is 39.1. The molecule has 19 aromatic carbocycles. The van der Waals surface area contributed by atoms with Crippen LogP contribution in [0.15, 0.2) is 424 Å². The Morgan fingerprint density at radius 1 is 0.255 bits per heavy atom. The molecule has 2 aliphatic heterocycles. The monoisotopic (exact) mass is 1770 g/mol. The molecule has 0 N–H and O–H groups in total. The summed E-state index contributed by atoms with van der Waals surface area (Å²) in [6, 6.07) is 112. The topological polar surface area (TPSA) is 16.3 Å². The Hall–Kier alpha value is -15.6. The molecule has 5 heteroatoms. The average Bonchev–Trinajstić information content (AvgIpc) is 1.50. The van der Waals surface area contributed by atoms with Gasteiger partial charge in [-0.1, -0.05) is 398 Å². The van der Waals surface area contributed by atoms with Crippen LogP contribution in [0.1, 0.15) is 155 Å². The number of nitrogens with zero attached hydrogens (tertiary/aromatic N) is 4. The van der Waals surface area contributed by atoms with Crippen LogP contribution in [0, 0.1) is 0 Å². The zero-order chi connectivity index (χ0) is 105. The Morgan fingerprint density at radius 2 is 0.562 bits per heavy atom. The summed E-state index contributed by atoms with van der Waals surface area (Å²) in [5, 5.41) is -0.121. The molecule has 4 nitrogen and oxygen atoms in total. The molecule has 654 valence electrons. The molecule has 2 spiro atoms. The maximum absolute atomic E-state index is 9.83. The maximum atomic E-state index is 9.83. The van der Waals surface area contributed by atoms with Crippen molar-refractivity contribution in [3.05, 3.63) is 485 Å². The molecule has 2 aromatic heterocycles. The van der Waals surface area contributed by atoms with Crippen molar-refractivity contribution in [2.75, 3.05) is 22.9 Å². The van der Waals surface area contributed by atoms with E-state index in [9.17, 15) is 16.4 Å². The predicted molar refractivity (Wildman–Crippen MR) is 577 cm³/mol. The molecule has 0 saturated heterocycles. The van der Waals surface area contributed by atoms with Crippen LogP contribution >= 0.6 is 0 Å². The molecule has 0 unspecified atom stereocenters. The largest absolute Gasteiger partial charge is 0.342 e. The minimum absolute atomic E-state index is 0.00197. The van der Waals surface area contributed by atoms with E-state index in [-0.39, 0.29) is 43.6 Å². The van der Waals surface area contributed by atoms with Gasteiger partial charge in [0.05, 0.1) is 54.8 Å². The van der Waals surface area contributed by atoms with E-state index in [2.05, 4.69) is 334 Å². The van der Waals surface area contributed by atoms with Gasteiger partial charge in [-0.2, -0.15) is 0 Å². The maximum Gasteiger partial charge on any atom is 0.252 e. The molecule has 6 aliphatic rings. The summed E-state index contributed by atoms with van der Waals surface area (Å²) in [5.41, 5.74) is 38.5. The fourth-order valence-electron chi connectivity index (χ4n) is 24.9. The number of unbranched alkanes of at least 4 members (excludes halogenated alkanes) is 6. The highest BCUT2D eigenvalue weighted by molar-refractivity contribution is 7.00. The normalized spacial score (nSPS) is 15.4.